The van der Waals surface area contributed by atoms with Crippen molar-refractivity contribution in [2.75, 3.05) is 26.7 Å². The summed E-state index contributed by atoms with van der Waals surface area (Å²) in [7, 11) is 1.64. The van der Waals surface area contributed by atoms with Gasteiger partial charge in [-0.3, -0.25) is 9.59 Å². The van der Waals surface area contributed by atoms with Gasteiger partial charge in [-0.15, -0.1) is 0 Å². The number of esters is 1. The Morgan fingerprint density at radius 2 is 2.06 bits per heavy atom. The molecule has 1 heterocycles. The van der Waals surface area contributed by atoms with Crippen LogP contribution in [0.15, 0.2) is 0 Å². The van der Waals surface area contributed by atoms with E-state index in [0.717, 1.165) is 13.0 Å². The van der Waals surface area contributed by atoms with Gasteiger partial charge in [-0.25, -0.2) is 0 Å². The van der Waals surface area contributed by atoms with Gasteiger partial charge >= 0.3 is 5.97 Å². The molecule has 1 aliphatic heterocycles. The van der Waals surface area contributed by atoms with Crippen molar-refractivity contribution in [2.45, 2.75) is 32.8 Å². The largest absolute Gasteiger partial charge is 0.459 e. The van der Waals surface area contributed by atoms with Gasteiger partial charge in [0.25, 0.3) is 0 Å². The van der Waals surface area contributed by atoms with Crippen molar-refractivity contribution in [1.29, 1.82) is 0 Å². The van der Waals surface area contributed by atoms with Crippen LogP contribution in [0.2, 0.25) is 0 Å². The number of likely N-dealkylation sites (N-methyl/N-ethyl adjacent to an activating group) is 1. The summed E-state index contributed by atoms with van der Waals surface area (Å²) in [4.78, 5) is 24.9. The van der Waals surface area contributed by atoms with Crippen LogP contribution in [0, 0.1) is 5.92 Å². The highest BCUT2D eigenvalue weighted by Crippen LogP contribution is 2.12. The summed E-state index contributed by atoms with van der Waals surface area (Å²) < 4.78 is 5.17. The third kappa shape index (κ3) is 4.73. The van der Waals surface area contributed by atoms with Gasteiger partial charge in [-0.1, -0.05) is 0 Å². The third-order valence-electron chi connectivity index (χ3n) is 2.57. The average Bonchev–Trinajstić information content (AvgIpc) is 2.65. The molecule has 17 heavy (non-hydrogen) atoms. The van der Waals surface area contributed by atoms with E-state index in [4.69, 9.17) is 4.74 Å². The number of hydrogen-bond acceptors (Lipinski definition) is 4. The first-order valence-corrected chi connectivity index (χ1v) is 5.97. The van der Waals surface area contributed by atoms with E-state index in [0.29, 0.717) is 6.54 Å². The number of nitrogens with one attached hydrogen (secondary N) is 1. The molecule has 0 radical (unpaired) electrons. The lowest BCUT2D eigenvalue weighted by Crippen LogP contribution is -2.39. The third-order valence-corrected chi connectivity index (χ3v) is 2.57. The fraction of sp³-hybridized carbons (Fsp3) is 0.833. The molecular formula is C12H22N2O3. The van der Waals surface area contributed by atoms with Gasteiger partial charge in [0, 0.05) is 13.6 Å². The second kappa shape index (κ2) is 5.49. The van der Waals surface area contributed by atoms with E-state index in [9.17, 15) is 9.59 Å². The summed E-state index contributed by atoms with van der Waals surface area (Å²) in [6.45, 7) is 7.04. The molecule has 0 unspecified atom stereocenters. The molecule has 0 saturated carbocycles. The van der Waals surface area contributed by atoms with Crippen LogP contribution in [-0.2, 0) is 14.3 Å². The van der Waals surface area contributed by atoms with Crippen LogP contribution >= 0.6 is 0 Å². The van der Waals surface area contributed by atoms with Crippen molar-refractivity contribution in [2.24, 2.45) is 5.92 Å². The monoisotopic (exact) mass is 242 g/mol. The van der Waals surface area contributed by atoms with Gasteiger partial charge in [0.05, 0.1) is 5.92 Å². The van der Waals surface area contributed by atoms with E-state index in [1.54, 1.807) is 7.05 Å². The number of ether oxygens (including phenoxy) is 1. The molecule has 1 amide bonds. The SMILES string of the molecule is CN(CC(=O)OC(C)(C)C)C(=O)[C@H]1CCNC1. The summed E-state index contributed by atoms with van der Waals surface area (Å²) in [5.41, 5.74) is -0.504. The van der Waals surface area contributed by atoms with E-state index < -0.39 is 5.60 Å². The second-order valence-corrected chi connectivity index (χ2v) is 5.47. The minimum Gasteiger partial charge on any atom is -0.459 e. The summed E-state index contributed by atoms with van der Waals surface area (Å²) in [5.74, 6) is -0.345. The molecule has 0 spiro atoms. The minimum absolute atomic E-state index is 0.00226. The molecule has 1 N–H and O–H groups in total. The van der Waals surface area contributed by atoms with Crippen LogP contribution < -0.4 is 5.32 Å². The molecule has 0 aromatic carbocycles. The molecule has 0 aromatic heterocycles. The zero-order valence-corrected chi connectivity index (χ0v) is 11.1. The maximum absolute atomic E-state index is 11.9. The topological polar surface area (TPSA) is 58.6 Å². The first-order chi connectivity index (χ1) is 7.79. The van der Waals surface area contributed by atoms with Crippen molar-refractivity contribution in [3.63, 3.8) is 0 Å². The Morgan fingerprint density at radius 1 is 1.41 bits per heavy atom. The van der Waals surface area contributed by atoms with Crippen LogP contribution in [-0.4, -0.2) is 49.1 Å². The number of hydrogen-bond donors (Lipinski definition) is 1. The molecule has 5 nitrogen and oxygen atoms in total. The van der Waals surface area contributed by atoms with Gasteiger partial charge in [0.1, 0.15) is 12.1 Å². The van der Waals surface area contributed by atoms with Crippen LogP contribution in [0.5, 0.6) is 0 Å². The smallest absolute Gasteiger partial charge is 0.326 e. The predicted molar refractivity (Wildman–Crippen MR) is 64.5 cm³/mol. The molecule has 1 aliphatic rings. The lowest BCUT2D eigenvalue weighted by molar-refractivity contribution is -0.158. The van der Waals surface area contributed by atoms with E-state index in [1.807, 2.05) is 20.8 Å². The van der Waals surface area contributed by atoms with E-state index in [2.05, 4.69) is 5.32 Å². The lowest BCUT2D eigenvalue weighted by Gasteiger charge is -2.23. The van der Waals surface area contributed by atoms with Gasteiger partial charge in [-0.2, -0.15) is 0 Å². The first kappa shape index (κ1) is 14.0. The van der Waals surface area contributed by atoms with Gasteiger partial charge in [0.2, 0.25) is 5.91 Å². The molecular weight excluding hydrogens is 220 g/mol. The maximum Gasteiger partial charge on any atom is 0.326 e. The maximum atomic E-state index is 11.9. The van der Waals surface area contributed by atoms with Crippen LogP contribution in [0.4, 0.5) is 0 Å². The number of carbonyl (C=O) groups is 2. The van der Waals surface area contributed by atoms with Crippen molar-refractivity contribution < 1.29 is 14.3 Å². The minimum atomic E-state index is -0.504. The molecule has 5 heteroatoms. The lowest BCUT2D eigenvalue weighted by atomic mass is 10.1. The summed E-state index contributed by atoms with van der Waals surface area (Å²) in [5, 5.41) is 3.14. The van der Waals surface area contributed by atoms with Gasteiger partial charge in [-0.05, 0) is 33.7 Å². The van der Waals surface area contributed by atoms with Crippen molar-refractivity contribution >= 4 is 11.9 Å². The molecule has 0 bridgehead atoms. The Kier molecular flexibility index (Phi) is 4.51. The fourth-order valence-electron chi connectivity index (χ4n) is 1.82. The number of nitrogens with zero attached hydrogens (tertiary/aromatic N) is 1. The van der Waals surface area contributed by atoms with Crippen molar-refractivity contribution in [1.82, 2.24) is 10.2 Å². The first-order valence-electron chi connectivity index (χ1n) is 5.97. The van der Waals surface area contributed by atoms with E-state index in [1.165, 1.54) is 4.90 Å². The molecule has 1 saturated heterocycles. The van der Waals surface area contributed by atoms with Gasteiger partial charge in [0.15, 0.2) is 0 Å². The quantitative estimate of drug-likeness (QED) is 0.728. The molecule has 0 aromatic rings. The van der Waals surface area contributed by atoms with E-state index >= 15 is 0 Å². The zero-order valence-electron chi connectivity index (χ0n) is 11.1. The number of carbonyl (C=O) groups excluding carboxylic acids is 2. The summed E-state index contributed by atoms with van der Waals surface area (Å²) in [6.07, 6.45) is 0.845. The van der Waals surface area contributed by atoms with Crippen LogP contribution in [0.25, 0.3) is 0 Å². The zero-order chi connectivity index (χ0) is 13.1. The molecule has 0 aliphatic carbocycles. The molecule has 98 valence electrons. The van der Waals surface area contributed by atoms with Crippen LogP contribution in [0.1, 0.15) is 27.2 Å². The highest BCUT2D eigenvalue weighted by Gasteiger charge is 2.27. The highest BCUT2D eigenvalue weighted by molar-refractivity contribution is 5.83. The summed E-state index contributed by atoms with van der Waals surface area (Å²) >= 11 is 0. The van der Waals surface area contributed by atoms with Gasteiger partial charge < -0.3 is 15.0 Å². The Morgan fingerprint density at radius 3 is 2.53 bits per heavy atom. The normalized spacial score (nSPS) is 20.1. The molecule has 1 fully saturated rings. The Labute approximate surface area is 102 Å². The van der Waals surface area contributed by atoms with Crippen molar-refractivity contribution in [3.05, 3.63) is 0 Å². The fourth-order valence-corrected chi connectivity index (χ4v) is 1.82. The number of amides is 1. The Balaban J connectivity index is 2.40. The summed E-state index contributed by atoms with van der Waals surface area (Å²) in [6, 6.07) is 0. The van der Waals surface area contributed by atoms with Crippen molar-refractivity contribution in [3.8, 4) is 0 Å². The highest BCUT2D eigenvalue weighted by atomic mass is 16.6. The Hall–Kier alpha value is -1.10. The predicted octanol–water partition coefficient (Wildman–Crippen LogP) is 0.396. The molecule has 1 atom stereocenters. The average molecular weight is 242 g/mol. The second-order valence-electron chi connectivity index (χ2n) is 5.47. The van der Waals surface area contributed by atoms with Crippen LogP contribution in [0.3, 0.4) is 0 Å². The Bertz CT molecular complexity index is 291. The molecule has 1 rings (SSSR count). The number of rotatable bonds is 3. The van der Waals surface area contributed by atoms with E-state index in [-0.39, 0.29) is 24.3 Å². The standard InChI is InChI=1S/C12H22N2O3/c1-12(2,3)17-10(15)8-14(4)11(16)9-5-6-13-7-9/h9,13H,5-8H2,1-4H3/t9-/m0/s1.